The van der Waals surface area contributed by atoms with Gasteiger partial charge in [0.15, 0.2) is 0 Å². The maximum Gasteiger partial charge on any atom is 0.420 e. The minimum absolute atomic E-state index is 0.132. The molecule has 0 unspecified atom stereocenters. The highest BCUT2D eigenvalue weighted by atomic mass is 19.4. The van der Waals surface area contributed by atoms with E-state index in [-0.39, 0.29) is 23.8 Å². The number of H-pyrrole nitrogens is 1. The summed E-state index contributed by atoms with van der Waals surface area (Å²) in [5.74, 6) is -1.02. The Hall–Kier alpha value is -2.06. The fourth-order valence-electron chi connectivity index (χ4n) is 2.69. The van der Waals surface area contributed by atoms with Crippen LogP contribution >= 0.6 is 0 Å². The van der Waals surface area contributed by atoms with Crippen LogP contribution in [0.25, 0.3) is 0 Å². The molecule has 0 aromatic carbocycles. The number of aromatic amines is 1. The van der Waals surface area contributed by atoms with E-state index in [0.29, 0.717) is 12.6 Å². The van der Waals surface area contributed by atoms with Crippen molar-refractivity contribution in [3.05, 3.63) is 17.5 Å². The first-order valence-electron chi connectivity index (χ1n) is 7.21. The fraction of sp³-hybridized carbons (Fsp3) is 0.643. The third-order valence-corrected chi connectivity index (χ3v) is 3.82. The summed E-state index contributed by atoms with van der Waals surface area (Å²) < 4.78 is 38.5. The fourth-order valence-corrected chi connectivity index (χ4v) is 2.69. The van der Waals surface area contributed by atoms with E-state index in [2.05, 4.69) is 20.8 Å². The summed E-state index contributed by atoms with van der Waals surface area (Å²) in [4.78, 5) is 23.8. The minimum Gasteiger partial charge on any atom is -0.351 e. The molecule has 0 spiro atoms. The highest BCUT2D eigenvalue weighted by Crippen LogP contribution is 2.31. The number of carbonyl (C=O) groups excluding carboxylic acids is 2. The minimum atomic E-state index is -4.66. The lowest BCUT2D eigenvalue weighted by atomic mass is 9.78. The third-order valence-electron chi connectivity index (χ3n) is 3.82. The molecule has 128 valence electrons. The first-order chi connectivity index (χ1) is 10.5. The quantitative estimate of drug-likeness (QED) is 0.772. The van der Waals surface area contributed by atoms with Crippen molar-refractivity contribution < 1.29 is 22.8 Å². The first kappa shape index (κ1) is 17.3. The Labute approximate surface area is 131 Å². The maximum absolute atomic E-state index is 12.8. The Balaban J connectivity index is 2.19. The zero-order chi connectivity index (χ0) is 17.4. The van der Waals surface area contributed by atoms with E-state index in [1.807, 2.05) is 20.8 Å². The highest BCUT2D eigenvalue weighted by Gasteiger charge is 2.40. The number of nitrogens with zero attached hydrogens (tertiary/aromatic N) is 1. The first-order valence-corrected chi connectivity index (χ1v) is 7.21. The molecular formula is C14H19F3N4O2. The third kappa shape index (κ3) is 3.83. The summed E-state index contributed by atoms with van der Waals surface area (Å²) in [5.41, 5.74) is -2.08. The van der Waals surface area contributed by atoms with Crippen LogP contribution in [0.15, 0.2) is 6.20 Å². The van der Waals surface area contributed by atoms with Crippen molar-refractivity contribution >= 4 is 11.8 Å². The lowest BCUT2D eigenvalue weighted by molar-refractivity contribution is -0.137. The molecule has 1 aliphatic heterocycles. The predicted octanol–water partition coefficient (Wildman–Crippen LogP) is 1.85. The highest BCUT2D eigenvalue weighted by molar-refractivity contribution is 5.94. The number of amides is 2. The summed E-state index contributed by atoms with van der Waals surface area (Å²) in [6.45, 7) is 5.67. The van der Waals surface area contributed by atoms with Gasteiger partial charge in [-0.2, -0.15) is 18.3 Å². The van der Waals surface area contributed by atoms with Gasteiger partial charge < -0.3 is 10.6 Å². The van der Waals surface area contributed by atoms with E-state index in [1.54, 1.807) is 0 Å². The van der Waals surface area contributed by atoms with Crippen LogP contribution < -0.4 is 10.6 Å². The van der Waals surface area contributed by atoms with Crippen LogP contribution in [0.1, 0.15) is 49.7 Å². The van der Waals surface area contributed by atoms with Crippen molar-refractivity contribution in [2.45, 2.75) is 51.9 Å². The van der Waals surface area contributed by atoms with E-state index >= 15 is 0 Å². The van der Waals surface area contributed by atoms with Gasteiger partial charge in [-0.1, -0.05) is 20.8 Å². The molecular weight excluding hydrogens is 313 g/mol. The molecule has 6 nitrogen and oxygen atoms in total. The SMILES string of the molecule is CC(C)(C)[C@@H]1NC(=O)CC[C@H]1NC(=O)c1[nH]ncc1C(F)(F)F. The van der Waals surface area contributed by atoms with Crippen LogP contribution in [0.5, 0.6) is 0 Å². The maximum atomic E-state index is 12.8. The Kier molecular flexibility index (Phi) is 4.41. The molecule has 0 saturated carbocycles. The Morgan fingerprint density at radius 3 is 2.57 bits per heavy atom. The number of hydrogen-bond donors (Lipinski definition) is 3. The van der Waals surface area contributed by atoms with E-state index in [9.17, 15) is 22.8 Å². The lowest BCUT2D eigenvalue weighted by Gasteiger charge is -2.41. The lowest BCUT2D eigenvalue weighted by Crippen LogP contribution is -2.60. The largest absolute Gasteiger partial charge is 0.420 e. The normalized spacial score (nSPS) is 22.6. The molecule has 1 fully saturated rings. The van der Waals surface area contributed by atoms with Gasteiger partial charge in [-0.3, -0.25) is 14.7 Å². The second-order valence-electron chi connectivity index (χ2n) is 6.69. The zero-order valence-corrected chi connectivity index (χ0v) is 13.0. The second-order valence-corrected chi connectivity index (χ2v) is 6.69. The number of aromatic nitrogens is 2. The zero-order valence-electron chi connectivity index (χ0n) is 13.0. The number of rotatable bonds is 2. The van der Waals surface area contributed by atoms with Crippen molar-refractivity contribution in [1.82, 2.24) is 20.8 Å². The van der Waals surface area contributed by atoms with E-state index in [0.717, 1.165) is 0 Å². The number of nitrogens with one attached hydrogen (secondary N) is 3. The Morgan fingerprint density at radius 2 is 2.00 bits per heavy atom. The van der Waals surface area contributed by atoms with Crippen LogP contribution in [0, 0.1) is 5.41 Å². The van der Waals surface area contributed by atoms with Gasteiger partial charge in [0.25, 0.3) is 5.91 Å². The molecule has 9 heteroatoms. The molecule has 1 saturated heterocycles. The molecule has 1 aromatic rings. The van der Waals surface area contributed by atoms with Gasteiger partial charge in [-0.15, -0.1) is 0 Å². The average molecular weight is 332 g/mol. The molecule has 2 amide bonds. The summed E-state index contributed by atoms with van der Waals surface area (Å²) >= 11 is 0. The summed E-state index contributed by atoms with van der Waals surface area (Å²) in [6.07, 6.45) is -3.50. The predicted molar refractivity (Wildman–Crippen MR) is 75.5 cm³/mol. The van der Waals surface area contributed by atoms with Gasteiger partial charge in [0.2, 0.25) is 5.91 Å². The standard InChI is InChI=1S/C14H19F3N4O2/c1-13(2,3)11-8(4-5-9(22)20-11)19-12(23)10-7(6-18-21-10)14(15,16)17/h6,8,11H,4-5H2,1-3H3,(H,18,21)(H,19,23)(H,20,22)/t8-,11-/m1/s1. The van der Waals surface area contributed by atoms with E-state index in [1.165, 1.54) is 0 Å². The van der Waals surface area contributed by atoms with Crippen LogP contribution in [-0.2, 0) is 11.0 Å². The summed E-state index contributed by atoms with van der Waals surface area (Å²) in [7, 11) is 0. The van der Waals surface area contributed by atoms with Gasteiger partial charge >= 0.3 is 6.18 Å². The molecule has 0 bridgehead atoms. The smallest absolute Gasteiger partial charge is 0.351 e. The van der Waals surface area contributed by atoms with Crippen molar-refractivity contribution in [3.63, 3.8) is 0 Å². The molecule has 0 radical (unpaired) electrons. The van der Waals surface area contributed by atoms with Crippen LogP contribution in [-0.4, -0.2) is 34.1 Å². The van der Waals surface area contributed by atoms with Crippen molar-refractivity contribution in [3.8, 4) is 0 Å². The van der Waals surface area contributed by atoms with Gasteiger partial charge in [-0.25, -0.2) is 0 Å². The molecule has 1 aliphatic rings. The topological polar surface area (TPSA) is 86.9 Å². The number of halogens is 3. The molecule has 0 aliphatic carbocycles. The van der Waals surface area contributed by atoms with Crippen LogP contribution in [0.4, 0.5) is 13.2 Å². The molecule has 2 atom stereocenters. The summed E-state index contributed by atoms with van der Waals surface area (Å²) in [6, 6.07) is -0.824. The summed E-state index contributed by atoms with van der Waals surface area (Å²) in [5, 5.41) is 10.8. The monoisotopic (exact) mass is 332 g/mol. The molecule has 2 heterocycles. The van der Waals surface area contributed by atoms with Crippen molar-refractivity contribution in [2.24, 2.45) is 5.41 Å². The van der Waals surface area contributed by atoms with Crippen LogP contribution in [0.2, 0.25) is 0 Å². The number of carbonyl (C=O) groups is 2. The van der Waals surface area contributed by atoms with Crippen molar-refractivity contribution in [1.29, 1.82) is 0 Å². The van der Waals surface area contributed by atoms with Gasteiger partial charge in [0, 0.05) is 6.42 Å². The molecule has 2 rings (SSSR count). The molecule has 23 heavy (non-hydrogen) atoms. The number of piperidine rings is 1. The van der Waals surface area contributed by atoms with Gasteiger partial charge in [0.05, 0.1) is 18.3 Å². The van der Waals surface area contributed by atoms with Gasteiger partial charge in [-0.05, 0) is 11.8 Å². The van der Waals surface area contributed by atoms with E-state index < -0.39 is 29.4 Å². The van der Waals surface area contributed by atoms with E-state index in [4.69, 9.17) is 0 Å². The van der Waals surface area contributed by atoms with Gasteiger partial charge in [0.1, 0.15) is 11.3 Å². The Bertz CT molecular complexity index is 604. The second kappa shape index (κ2) is 5.86. The van der Waals surface area contributed by atoms with Crippen molar-refractivity contribution in [2.75, 3.05) is 0 Å². The number of hydrogen-bond acceptors (Lipinski definition) is 3. The molecule has 1 aromatic heterocycles. The average Bonchev–Trinajstić information content (AvgIpc) is 2.89. The van der Waals surface area contributed by atoms with Crippen LogP contribution in [0.3, 0.4) is 0 Å². The molecule has 3 N–H and O–H groups in total. The Morgan fingerprint density at radius 1 is 1.35 bits per heavy atom. The number of alkyl halides is 3.